The first-order chi connectivity index (χ1) is 13.5. The van der Waals surface area contributed by atoms with Gasteiger partial charge in [0.15, 0.2) is 0 Å². The molecular formula is C20H25N3O4S. The molecule has 2 N–H and O–H groups in total. The molecule has 1 aliphatic heterocycles. The van der Waals surface area contributed by atoms with Gasteiger partial charge in [0.2, 0.25) is 10.0 Å². The number of benzene rings is 2. The van der Waals surface area contributed by atoms with E-state index in [-0.39, 0.29) is 17.3 Å². The number of carbonyl (C=O) groups is 1. The zero-order valence-corrected chi connectivity index (χ0v) is 16.7. The monoisotopic (exact) mass is 403 g/mol. The Morgan fingerprint density at radius 1 is 1.07 bits per heavy atom. The topological polar surface area (TPSA) is 87.7 Å². The molecule has 0 aromatic heterocycles. The molecule has 2 aromatic rings. The fourth-order valence-corrected chi connectivity index (χ4v) is 3.85. The molecule has 0 spiro atoms. The van der Waals surface area contributed by atoms with Crippen LogP contribution in [0.25, 0.3) is 0 Å². The van der Waals surface area contributed by atoms with Gasteiger partial charge in [0.1, 0.15) is 0 Å². The van der Waals surface area contributed by atoms with Crippen molar-refractivity contribution in [2.24, 2.45) is 0 Å². The van der Waals surface area contributed by atoms with E-state index in [0.717, 1.165) is 38.4 Å². The third-order valence-electron chi connectivity index (χ3n) is 4.63. The number of hydrogen-bond acceptors (Lipinski definition) is 5. The molecular weight excluding hydrogens is 378 g/mol. The van der Waals surface area contributed by atoms with Crippen LogP contribution in [-0.2, 0) is 27.8 Å². The lowest BCUT2D eigenvalue weighted by Crippen LogP contribution is -2.35. The van der Waals surface area contributed by atoms with Crippen molar-refractivity contribution in [2.45, 2.75) is 18.0 Å². The molecule has 2 aromatic carbocycles. The highest BCUT2D eigenvalue weighted by atomic mass is 32.2. The van der Waals surface area contributed by atoms with Gasteiger partial charge in [0, 0.05) is 31.7 Å². The fourth-order valence-electron chi connectivity index (χ4n) is 3.05. The van der Waals surface area contributed by atoms with Crippen LogP contribution in [0, 0.1) is 0 Å². The van der Waals surface area contributed by atoms with Gasteiger partial charge in [0.25, 0.3) is 5.91 Å². The summed E-state index contributed by atoms with van der Waals surface area (Å²) in [5.41, 5.74) is 2.38. The summed E-state index contributed by atoms with van der Waals surface area (Å²) in [6.45, 7) is 4.30. The Kier molecular flexibility index (Phi) is 6.79. The molecule has 0 atom stereocenters. The van der Waals surface area contributed by atoms with E-state index in [1.54, 1.807) is 24.3 Å². The average Bonchev–Trinajstić information content (AvgIpc) is 2.73. The van der Waals surface area contributed by atoms with Crippen molar-refractivity contribution in [3.05, 3.63) is 65.2 Å². The Hall–Kier alpha value is -2.26. The minimum absolute atomic E-state index is 0.175. The summed E-state index contributed by atoms with van der Waals surface area (Å²) in [7, 11) is -2.14. The zero-order valence-electron chi connectivity index (χ0n) is 15.8. The van der Waals surface area contributed by atoms with Crippen LogP contribution in [0.4, 0.5) is 0 Å². The Labute approximate surface area is 165 Å². The minimum Gasteiger partial charge on any atom is -0.379 e. The number of nitrogens with one attached hydrogen (secondary N) is 2. The van der Waals surface area contributed by atoms with Crippen molar-refractivity contribution in [2.75, 3.05) is 33.4 Å². The predicted molar refractivity (Wildman–Crippen MR) is 106 cm³/mol. The second-order valence-electron chi connectivity index (χ2n) is 6.63. The average molecular weight is 404 g/mol. The third kappa shape index (κ3) is 5.39. The molecule has 150 valence electrons. The molecule has 1 amide bonds. The molecule has 8 heteroatoms. The lowest BCUT2D eigenvalue weighted by molar-refractivity contribution is 0.0342. The maximum Gasteiger partial charge on any atom is 0.251 e. The van der Waals surface area contributed by atoms with Crippen molar-refractivity contribution < 1.29 is 17.9 Å². The van der Waals surface area contributed by atoms with Gasteiger partial charge in [-0.3, -0.25) is 9.69 Å². The Morgan fingerprint density at radius 3 is 2.54 bits per heavy atom. The van der Waals surface area contributed by atoms with Crippen molar-refractivity contribution in [1.29, 1.82) is 0 Å². The van der Waals surface area contributed by atoms with E-state index in [4.69, 9.17) is 4.74 Å². The maximum atomic E-state index is 12.5. The van der Waals surface area contributed by atoms with Gasteiger partial charge in [0.05, 0.1) is 18.1 Å². The first-order valence-electron chi connectivity index (χ1n) is 9.18. The van der Waals surface area contributed by atoms with E-state index in [0.29, 0.717) is 11.1 Å². The second-order valence-corrected chi connectivity index (χ2v) is 8.51. The molecule has 1 fully saturated rings. The zero-order chi connectivity index (χ0) is 20.0. The highest BCUT2D eigenvalue weighted by Crippen LogP contribution is 2.13. The molecule has 1 heterocycles. The lowest BCUT2D eigenvalue weighted by Gasteiger charge is -2.26. The first kappa shape index (κ1) is 20.5. The molecule has 0 unspecified atom stereocenters. The first-order valence-corrected chi connectivity index (χ1v) is 10.7. The number of sulfonamides is 1. The van der Waals surface area contributed by atoms with Gasteiger partial charge >= 0.3 is 0 Å². The van der Waals surface area contributed by atoms with E-state index in [1.807, 2.05) is 18.2 Å². The summed E-state index contributed by atoms with van der Waals surface area (Å²) in [6, 6.07) is 14.1. The van der Waals surface area contributed by atoms with Crippen molar-refractivity contribution in [3.63, 3.8) is 0 Å². The molecule has 0 bridgehead atoms. The third-order valence-corrected chi connectivity index (χ3v) is 6.04. The number of ether oxygens (including phenoxy) is 1. The van der Waals surface area contributed by atoms with Crippen LogP contribution in [-0.4, -0.2) is 52.6 Å². The summed E-state index contributed by atoms with van der Waals surface area (Å²) < 4.78 is 31.5. The summed E-state index contributed by atoms with van der Waals surface area (Å²) in [6.07, 6.45) is 0. The number of carbonyl (C=O) groups excluding carboxylic acids is 1. The lowest BCUT2D eigenvalue weighted by atomic mass is 10.1. The highest BCUT2D eigenvalue weighted by molar-refractivity contribution is 7.89. The van der Waals surface area contributed by atoms with Crippen molar-refractivity contribution in [1.82, 2.24) is 14.9 Å². The van der Waals surface area contributed by atoms with Gasteiger partial charge in [-0.2, -0.15) is 0 Å². The fraction of sp³-hybridized carbons (Fsp3) is 0.350. The smallest absolute Gasteiger partial charge is 0.251 e. The number of hydrogen-bond donors (Lipinski definition) is 2. The van der Waals surface area contributed by atoms with Crippen LogP contribution in [0.3, 0.4) is 0 Å². The molecule has 1 aliphatic rings. The van der Waals surface area contributed by atoms with Crippen molar-refractivity contribution in [3.8, 4) is 0 Å². The largest absolute Gasteiger partial charge is 0.379 e. The molecule has 7 nitrogen and oxygen atoms in total. The molecule has 0 aliphatic carbocycles. The van der Waals surface area contributed by atoms with Crippen LogP contribution >= 0.6 is 0 Å². The Balaban J connectivity index is 1.62. The molecule has 0 saturated carbocycles. The van der Waals surface area contributed by atoms with E-state index >= 15 is 0 Å². The van der Waals surface area contributed by atoms with Gasteiger partial charge in [-0.25, -0.2) is 13.1 Å². The summed E-state index contributed by atoms with van der Waals surface area (Å²) in [5, 5.41) is 2.86. The van der Waals surface area contributed by atoms with Gasteiger partial charge in [-0.05, 0) is 42.4 Å². The summed E-state index contributed by atoms with van der Waals surface area (Å²) >= 11 is 0. The summed E-state index contributed by atoms with van der Waals surface area (Å²) in [5.74, 6) is -0.189. The van der Waals surface area contributed by atoms with E-state index in [9.17, 15) is 13.2 Å². The number of nitrogens with zero attached hydrogens (tertiary/aromatic N) is 1. The number of rotatable bonds is 7. The quantitative estimate of drug-likeness (QED) is 0.729. The van der Waals surface area contributed by atoms with E-state index in [1.165, 1.54) is 13.1 Å². The number of amides is 1. The molecule has 1 saturated heterocycles. The van der Waals surface area contributed by atoms with E-state index in [2.05, 4.69) is 14.9 Å². The SMILES string of the molecule is CNS(=O)(=O)c1cccc(CNC(=O)c2cccc(CN3CCOCC3)c2)c1. The van der Waals surface area contributed by atoms with Gasteiger partial charge < -0.3 is 10.1 Å². The Bertz CT molecular complexity index is 925. The predicted octanol–water partition coefficient (Wildman–Crippen LogP) is 1.36. The van der Waals surface area contributed by atoms with Crippen LogP contribution in [0.5, 0.6) is 0 Å². The normalized spacial score (nSPS) is 15.3. The standard InChI is InChI=1S/C20H25N3O4S/c1-21-28(25,26)19-7-3-4-16(13-19)14-22-20(24)18-6-2-5-17(12-18)15-23-8-10-27-11-9-23/h2-7,12-13,21H,8-11,14-15H2,1H3,(H,22,24). The molecule has 0 radical (unpaired) electrons. The minimum atomic E-state index is -3.51. The highest BCUT2D eigenvalue weighted by Gasteiger charge is 2.14. The second kappa shape index (κ2) is 9.29. The molecule has 28 heavy (non-hydrogen) atoms. The number of morpholine rings is 1. The van der Waals surface area contributed by atoms with Crippen molar-refractivity contribution >= 4 is 15.9 Å². The Morgan fingerprint density at radius 2 is 1.79 bits per heavy atom. The maximum absolute atomic E-state index is 12.5. The van der Waals surface area contributed by atoms with Crippen LogP contribution in [0.1, 0.15) is 21.5 Å². The van der Waals surface area contributed by atoms with Crippen LogP contribution in [0.15, 0.2) is 53.4 Å². The van der Waals surface area contributed by atoms with Crippen LogP contribution in [0.2, 0.25) is 0 Å². The molecule has 3 rings (SSSR count). The van der Waals surface area contributed by atoms with Crippen LogP contribution < -0.4 is 10.0 Å². The summed E-state index contributed by atoms with van der Waals surface area (Å²) in [4.78, 5) is 15.0. The van der Waals surface area contributed by atoms with E-state index < -0.39 is 10.0 Å². The van der Waals surface area contributed by atoms with Gasteiger partial charge in [-0.15, -0.1) is 0 Å². The van der Waals surface area contributed by atoms with Gasteiger partial charge in [-0.1, -0.05) is 24.3 Å².